The number of rotatable bonds is 2. The van der Waals surface area contributed by atoms with E-state index in [0.29, 0.717) is 11.9 Å². The third-order valence-electron chi connectivity index (χ3n) is 4.74. The van der Waals surface area contributed by atoms with Gasteiger partial charge in [-0.3, -0.25) is 9.69 Å². The highest BCUT2D eigenvalue weighted by Crippen LogP contribution is 2.21. The van der Waals surface area contributed by atoms with Gasteiger partial charge in [0.25, 0.3) is 0 Å². The van der Waals surface area contributed by atoms with E-state index in [9.17, 15) is 4.79 Å². The molecule has 3 saturated heterocycles. The maximum absolute atomic E-state index is 12.4. The fraction of sp³-hybridized carbons (Fsp3) is 0.929. The Bertz CT molecular complexity index is 295. The van der Waals surface area contributed by atoms with Crippen molar-refractivity contribution in [3.8, 4) is 0 Å². The zero-order chi connectivity index (χ0) is 12.4. The van der Waals surface area contributed by atoms with Crippen LogP contribution in [0.5, 0.6) is 0 Å². The van der Waals surface area contributed by atoms with Crippen molar-refractivity contribution in [1.29, 1.82) is 0 Å². The summed E-state index contributed by atoms with van der Waals surface area (Å²) < 4.78 is 0. The number of amides is 1. The maximum atomic E-state index is 12.4. The lowest BCUT2D eigenvalue weighted by molar-refractivity contribution is -0.133. The van der Waals surface area contributed by atoms with Crippen LogP contribution in [0.1, 0.15) is 38.5 Å². The average molecular weight is 251 g/mol. The van der Waals surface area contributed by atoms with E-state index in [1.54, 1.807) is 0 Å². The Morgan fingerprint density at radius 2 is 1.83 bits per heavy atom. The number of nitrogens with one attached hydrogen (secondary N) is 1. The van der Waals surface area contributed by atoms with E-state index in [1.165, 1.54) is 45.2 Å². The summed E-state index contributed by atoms with van der Waals surface area (Å²) in [5.74, 6) is 0.358. The van der Waals surface area contributed by atoms with Gasteiger partial charge in [0.05, 0.1) is 6.04 Å². The minimum absolute atomic E-state index is 0.107. The first-order chi connectivity index (χ1) is 8.84. The Kier molecular flexibility index (Phi) is 3.85. The number of likely N-dealkylation sites (tertiary alicyclic amines) is 2. The van der Waals surface area contributed by atoms with Gasteiger partial charge in [-0.2, -0.15) is 0 Å². The molecule has 0 aliphatic carbocycles. The van der Waals surface area contributed by atoms with Crippen LogP contribution >= 0.6 is 0 Å². The molecule has 0 bridgehead atoms. The van der Waals surface area contributed by atoms with Gasteiger partial charge in [-0.25, -0.2) is 0 Å². The first-order valence-electron chi connectivity index (χ1n) is 7.61. The van der Waals surface area contributed by atoms with Gasteiger partial charge in [0.1, 0.15) is 0 Å². The zero-order valence-electron chi connectivity index (χ0n) is 11.2. The Labute approximate surface area is 110 Å². The molecule has 4 heteroatoms. The lowest BCUT2D eigenvalue weighted by Gasteiger charge is -2.28. The SMILES string of the molecule is O=C(C1CCCCN1)N1CCC(N2CCCC2)C1. The van der Waals surface area contributed by atoms with E-state index in [4.69, 9.17) is 0 Å². The van der Waals surface area contributed by atoms with E-state index in [2.05, 4.69) is 15.1 Å². The van der Waals surface area contributed by atoms with Crippen molar-refractivity contribution in [3.05, 3.63) is 0 Å². The Balaban J connectivity index is 1.52. The molecule has 102 valence electrons. The second-order valence-electron chi connectivity index (χ2n) is 5.97. The number of hydrogen-bond acceptors (Lipinski definition) is 3. The standard InChI is InChI=1S/C14H25N3O/c18-14(13-5-1-2-7-15-13)17-10-6-12(11-17)16-8-3-4-9-16/h12-13,15H,1-11H2. The normalized spacial score (nSPS) is 34.1. The minimum atomic E-state index is 0.107. The summed E-state index contributed by atoms with van der Waals surface area (Å²) in [5, 5.41) is 3.38. The van der Waals surface area contributed by atoms with E-state index in [0.717, 1.165) is 26.1 Å². The van der Waals surface area contributed by atoms with Crippen LogP contribution in [-0.2, 0) is 4.79 Å². The van der Waals surface area contributed by atoms with E-state index in [1.807, 2.05) is 0 Å². The third-order valence-corrected chi connectivity index (χ3v) is 4.74. The summed E-state index contributed by atoms with van der Waals surface area (Å²) in [4.78, 5) is 17.1. The maximum Gasteiger partial charge on any atom is 0.239 e. The summed E-state index contributed by atoms with van der Waals surface area (Å²) in [6.07, 6.45) is 7.32. The number of carbonyl (C=O) groups is 1. The molecule has 1 amide bonds. The van der Waals surface area contributed by atoms with Gasteiger partial charge in [0.15, 0.2) is 0 Å². The molecule has 0 spiro atoms. The van der Waals surface area contributed by atoms with Crippen molar-refractivity contribution in [2.45, 2.75) is 50.6 Å². The molecule has 0 aromatic carbocycles. The predicted molar refractivity (Wildman–Crippen MR) is 71.4 cm³/mol. The molecular weight excluding hydrogens is 226 g/mol. The molecule has 0 radical (unpaired) electrons. The van der Waals surface area contributed by atoms with Gasteiger partial charge in [0.2, 0.25) is 5.91 Å². The molecule has 0 aromatic rings. The molecule has 3 aliphatic rings. The summed E-state index contributed by atoms with van der Waals surface area (Å²) in [7, 11) is 0. The molecule has 3 rings (SSSR count). The summed E-state index contributed by atoms with van der Waals surface area (Å²) in [6, 6.07) is 0.746. The zero-order valence-corrected chi connectivity index (χ0v) is 11.2. The van der Waals surface area contributed by atoms with Gasteiger partial charge in [0, 0.05) is 19.1 Å². The lowest BCUT2D eigenvalue weighted by Crippen LogP contribution is -2.48. The molecular formula is C14H25N3O. The molecule has 4 nitrogen and oxygen atoms in total. The Hall–Kier alpha value is -0.610. The highest BCUT2D eigenvalue weighted by Gasteiger charge is 2.34. The topological polar surface area (TPSA) is 35.6 Å². The molecule has 3 heterocycles. The Morgan fingerprint density at radius 3 is 2.56 bits per heavy atom. The first kappa shape index (κ1) is 12.4. The van der Waals surface area contributed by atoms with Gasteiger partial charge >= 0.3 is 0 Å². The Morgan fingerprint density at radius 1 is 1.00 bits per heavy atom. The van der Waals surface area contributed by atoms with E-state index >= 15 is 0 Å². The van der Waals surface area contributed by atoms with Crippen LogP contribution in [0.3, 0.4) is 0 Å². The largest absolute Gasteiger partial charge is 0.340 e. The van der Waals surface area contributed by atoms with Crippen molar-refractivity contribution in [2.75, 3.05) is 32.7 Å². The van der Waals surface area contributed by atoms with Crippen LogP contribution in [0.4, 0.5) is 0 Å². The lowest BCUT2D eigenvalue weighted by atomic mass is 10.0. The average Bonchev–Trinajstić information content (AvgIpc) is 3.09. The number of nitrogens with zero attached hydrogens (tertiary/aromatic N) is 2. The van der Waals surface area contributed by atoms with E-state index < -0.39 is 0 Å². The minimum Gasteiger partial charge on any atom is -0.340 e. The van der Waals surface area contributed by atoms with Crippen LogP contribution in [0.25, 0.3) is 0 Å². The highest BCUT2D eigenvalue weighted by atomic mass is 16.2. The van der Waals surface area contributed by atoms with Crippen LogP contribution in [0, 0.1) is 0 Å². The molecule has 1 N–H and O–H groups in total. The number of piperidine rings is 1. The van der Waals surface area contributed by atoms with Crippen molar-refractivity contribution >= 4 is 5.91 Å². The quantitative estimate of drug-likeness (QED) is 0.789. The van der Waals surface area contributed by atoms with Crippen LogP contribution in [0.2, 0.25) is 0 Å². The van der Waals surface area contributed by atoms with Crippen LogP contribution < -0.4 is 5.32 Å². The van der Waals surface area contributed by atoms with Crippen LogP contribution in [0.15, 0.2) is 0 Å². The third kappa shape index (κ3) is 2.54. The summed E-state index contributed by atoms with van der Waals surface area (Å²) in [5.41, 5.74) is 0. The van der Waals surface area contributed by atoms with Gasteiger partial charge < -0.3 is 10.2 Å². The first-order valence-corrected chi connectivity index (χ1v) is 7.61. The fourth-order valence-electron chi connectivity index (χ4n) is 3.63. The van der Waals surface area contributed by atoms with Crippen molar-refractivity contribution in [2.24, 2.45) is 0 Å². The molecule has 3 fully saturated rings. The molecule has 0 aromatic heterocycles. The van der Waals surface area contributed by atoms with Crippen molar-refractivity contribution < 1.29 is 4.79 Å². The fourth-order valence-corrected chi connectivity index (χ4v) is 3.63. The molecule has 2 atom stereocenters. The molecule has 2 unspecified atom stereocenters. The smallest absolute Gasteiger partial charge is 0.239 e. The van der Waals surface area contributed by atoms with Crippen molar-refractivity contribution in [1.82, 2.24) is 15.1 Å². The van der Waals surface area contributed by atoms with Gasteiger partial charge in [-0.1, -0.05) is 6.42 Å². The molecule has 18 heavy (non-hydrogen) atoms. The number of carbonyl (C=O) groups excluding carboxylic acids is 1. The summed E-state index contributed by atoms with van der Waals surface area (Å²) in [6.45, 7) is 5.44. The summed E-state index contributed by atoms with van der Waals surface area (Å²) >= 11 is 0. The number of hydrogen-bond donors (Lipinski definition) is 1. The monoisotopic (exact) mass is 251 g/mol. The molecule has 0 saturated carbocycles. The molecule has 3 aliphatic heterocycles. The second kappa shape index (κ2) is 5.57. The highest BCUT2D eigenvalue weighted by molar-refractivity contribution is 5.82. The van der Waals surface area contributed by atoms with Gasteiger partial charge in [-0.05, 0) is 51.7 Å². The van der Waals surface area contributed by atoms with Crippen LogP contribution in [-0.4, -0.2) is 60.5 Å². The van der Waals surface area contributed by atoms with Gasteiger partial charge in [-0.15, -0.1) is 0 Å². The second-order valence-corrected chi connectivity index (χ2v) is 5.97. The predicted octanol–water partition coefficient (Wildman–Crippen LogP) is 0.825. The van der Waals surface area contributed by atoms with Crippen molar-refractivity contribution in [3.63, 3.8) is 0 Å². The van der Waals surface area contributed by atoms with E-state index in [-0.39, 0.29) is 6.04 Å².